The van der Waals surface area contributed by atoms with Gasteiger partial charge in [-0.3, -0.25) is 0 Å². The Bertz CT molecular complexity index is 143. The van der Waals surface area contributed by atoms with Crippen molar-refractivity contribution in [2.75, 3.05) is 0 Å². The van der Waals surface area contributed by atoms with Crippen molar-refractivity contribution in [3.05, 3.63) is 11.3 Å². The summed E-state index contributed by atoms with van der Waals surface area (Å²) in [7, 11) is 0. The first-order valence-corrected chi connectivity index (χ1v) is 2.29. The third kappa shape index (κ3) is 1.04. The number of halogens is 2. The van der Waals surface area contributed by atoms with Crippen LogP contribution in [-0.4, -0.2) is 10.3 Å². The Morgan fingerprint density at radius 1 is 1.86 bits per heavy atom. The van der Waals surface area contributed by atoms with Gasteiger partial charge in [0, 0.05) is 0 Å². The van der Waals surface area contributed by atoms with Crippen molar-refractivity contribution >= 4 is 23.4 Å². The molecule has 0 amide bonds. The van der Waals surface area contributed by atoms with Crippen LogP contribution in [-0.2, 0) is 0 Å². The van der Waals surface area contributed by atoms with Crippen molar-refractivity contribution in [2.45, 2.75) is 0 Å². The summed E-state index contributed by atoms with van der Waals surface area (Å²) in [5, 5.41) is 6.21. The van der Waals surface area contributed by atoms with Crippen LogP contribution >= 0.6 is 23.4 Å². The Hall–Kier alpha value is -0.280. The first-order chi connectivity index (χ1) is 3.29. The van der Waals surface area contributed by atoms with Gasteiger partial charge in [-0.2, -0.15) is 0 Å². The van der Waals surface area contributed by atoms with Crippen LogP contribution in [0.15, 0.2) is 6.20 Å². The standard InChI is InChI=1S/C2HCl2N3/c3-2-1-7(4)6-5-2/h1H/p+1. The lowest BCUT2D eigenvalue weighted by molar-refractivity contribution is -0.588. The summed E-state index contributed by atoms with van der Waals surface area (Å²) < 4.78 is 1.14. The van der Waals surface area contributed by atoms with Crippen molar-refractivity contribution in [3.8, 4) is 0 Å². The second-order valence-corrected chi connectivity index (χ2v) is 1.73. The number of nitrogens with one attached hydrogen (secondary N) is 1. The molecule has 0 aliphatic carbocycles. The summed E-state index contributed by atoms with van der Waals surface area (Å²) in [6.45, 7) is 0. The van der Waals surface area contributed by atoms with E-state index in [9.17, 15) is 0 Å². The van der Waals surface area contributed by atoms with Crippen LogP contribution in [0.2, 0.25) is 5.15 Å². The largest absolute Gasteiger partial charge is 0.310 e. The highest BCUT2D eigenvalue weighted by Crippen LogP contribution is 1.93. The van der Waals surface area contributed by atoms with E-state index in [1.807, 2.05) is 0 Å². The molecule has 0 aliphatic rings. The van der Waals surface area contributed by atoms with Gasteiger partial charge in [-0.05, 0) is 16.8 Å². The SMILES string of the molecule is Clc1c[n+](Cl)[nH]n1. The minimum absolute atomic E-state index is 0.356. The van der Waals surface area contributed by atoms with Crippen LogP contribution in [0.3, 0.4) is 0 Å². The molecule has 0 saturated heterocycles. The van der Waals surface area contributed by atoms with Gasteiger partial charge in [-0.15, -0.1) is 0 Å². The van der Waals surface area contributed by atoms with Gasteiger partial charge in [0.05, 0.1) is 5.10 Å². The zero-order valence-electron chi connectivity index (χ0n) is 3.23. The quantitative estimate of drug-likeness (QED) is 0.552. The summed E-state index contributed by atoms with van der Waals surface area (Å²) in [4.78, 5) is 0. The first-order valence-electron chi connectivity index (χ1n) is 1.58. The number of hydrogen-bond acceptors (Lipinski definition) is 1. The van der Waals surface area contributed by atoms with Crippen molar-refractivity contribution in [1.82, 2.24) is 10.3 Å². The smallest absolute Gasteiger partial charge is 0.0565 e. The van der Waals surface area contributed by atoms with E-state index in [1.165, 1.54) is 6.20 Å². The molecule has 38 valence electrons. The molecule has 0 aromatic carbocycles. The number of aromatic nitrogens is 3. The first kappa shape index (κ1) is 4.87. The number of nitrogens with zero attached hydrogens (tertiary/aromatic N) is 2. The average Bonchev–Trinajstić information content (AvgIpc) is 1.87. The van der Waals surface area contributed by atoms with Gasteiger partial charge >= 0.3 is 5.15 Å². The molecule has 0 fully saturated rings. The van der Waals surface area contributed by atoms with Crippen LogP contribution in [0.25, 0.3) is 0 Å². The maximum Gasteiger partial charge on any atom is 0.310 e. The molecule has 1 heterocycles. The molecule has 0 radical (unpaired) electrons. The van der Waals surface area contributed by atoms with Gasteiger partial charge in [0.2, 0.25) is 0 Å². The predicted octanol–water partition coefficient (Wildman–Crippen LogP) is 0.352. The summed E-state index contributed by atoms with van der Waals surface area (Å²) >= 11 is 10.6. The minimum atomic E-state index is 0.356. The second-order valence-electron chi connectivity index (χ2n) is 0.975. The summed E-state index contributed by atoms with van der Waals surface area (Å²) in [6, 6.07) is 0. The number of aromatic amines is 1. The molecule has 7 heavy (non-hydrogen) atoms. The zero-order valence-corrected chi connectivity index (χ0v) is 4.74. The monoisotopic (exact) mass is 138 g/mol. The molecule has 0 bridgehead atoms. The Kier molecular flexibility index (Phi) is 1.17. The molecular formula is C2H2Cl2N3+. The summed E-state index contributed by atoms with van der Waals surface area (Å²) in [5.74, 6) is 0. The molecule has 0 saturated carbocycles. The summed E-state index contributed by atoms with van der Waals surface area (Å²) in [5.41, 5.74) is 0. The molecule has 0 aliphatic heterocycles. The molecule has 1 rings (SSSR count). The Morgan fingerprint density at radius 3 is 2.71 bits per heavy atom. The van der Waals surface area contributed by atoms with Gasteiger partial charge < -0.3 is 0 Å². The molecule has 1 aromatic rings. The number of H-pyrrole nitrogens is 1. The lowest BCUT2D eigenvalue weighted by Crippen LogP contribution is -2.19. The lowest BCUT2D eigenvalue weighted by atomic mass is 11.0. The molecule has 3 nitrogen and oxygen atoms in total. The topological polar surface area (TPSA) is 32.6 Å². The highest BCUT2D eigenvalue weighted by molar-refractivity contribution is 6.29. The molecule has 5 heteroatoms. The normalized spacial score (nSPS) is 9.43. The van der Waals surface area contributed by atoms with E-state index >= 15 is 0 Å². The van der Waals surface area contributed by atoms with E-state index in [1.54, 1.807) is 0 Å². The Morgan fingerprint density at radius 2 is 2.57 bits per heavy atom. The molecular weight excluding hydrogens is 137 g/mol. The van der Waals surface area contributed by atoms with E-state index in [-0.39, 0.29) is 0 Å². The fourth-order valence-corrected chi connectivity index (χ4v) is 0.562. The number of rotatable bonds is 0. The van der Waals surface area contributed by atoms with E-state index in [2.05, 4.69) is 10.3 Å². The van der Waals surface area contributed by atoms with Crippen molar-refractivity contribution in [2.24, 2.45) is 0 Å². The molecule has 1 aromatic heterocycles. The van der Waals surface area contributed by atoms with Gasteiger partial charge in [-0.25, -0.2) is 0 Å². The molecule has 1 N–H and O–H groups in total. The van der Waals surface area contributed by atoms with Crippen LogP contribution < -0.4 is 4.20 Å². The fourth-order valence-electron chi connectivity index (χ4n) is 0.247. The van der Waals surface area contributed by atoms with Crippen LogP contribution in [0.1, 0.15) is 0 Å². The zero-order chi connectivity index (χ0) is 5.28. The van der Waals surface area contributed by atoms with Crippen LogP contribution in [0, 0.1) is 0 Å². The third-order valence-electron chi connectivity index (χ3n) is 0.472. The maximum atomic E-state index is 5.31. The van der Waals surface area contributed by atoms with E-state index in [0.717, 1.165) is 4.20 Å². The van der Waals surface area contributed by atoms with Crippen LogP contribution in [0.5, 0.6) is 0 Å². The third-order valence-corrected chi connectivity index (χ3v) is 0.828. The van der Waals surface area contributed by atoms with Gasteiger partial charge in [0.25, 0.3) is 0 Å². The highest BCUT2D eigenvalue weighted by Gasteiger charge is 1.99. The van der Waals surface area contributed by atoms with E-state index in [0.29, 0.717) is 5.15 Å². The van der Waals surface area contributed by atoms with Gasteiger partial charge in [-0.1, -0.05) is 4.20 Å². The molecule has 0 unspecified atom stereocenters. The molecule has 0 spiro atoms. The average molecular weight is 139 g/mol. The Labute approximate surface area is 49.9 Å². The predicted molar refractivity (Wildman–Crippen MR) is 25.0 cm³/mol. The minimum Gasteiger partial charge on any atom is -0.0565 e. The van der Waals surface area contributed by atoms with Crippen molar-refractivity contribution in [1.29, 1.82) is 0 Å². The fraction of sp³-hybridized carbons (Fsp3) is 0. The van der Waals surface area contributed by atoms with E-state index < -0.39 is 0 Å². The van der Waals surface area contributed by atoms with Crippen molar-refractivity contribution in [3.63, 3.8) is 0 Å². The maximum absolute atomic E-state index is 5.31. The lowest BCUT2D eigenvalue weighted by Gasteiger charge is -1.59. The highest BCUT2D eigenvalue weighted by atomic mass is 35.5. The Balaban J connectivity index is 3.04. The van der Waals surface area contributed by atoms with Gasteiger partial charge in [0.15, 0.2) is 18.0 Å². The molecule has 0 atom stereocenters. The second kappa shape index (κ2) is 1.68. The number of hydrogen-bond donors (Lipinski definition) is 1. The summed E-state index contributed by atoms with van der Waals surface area (Å²) in [6.07, 6.45) is 1.45. The van der Waals surface area contributed by atoms with E-state index in [4.69, 9.17) is 23.4 Å². The van der Waals surface area contributed by atoms with Crippen molar-refractivity contribution < 1.29 is 4.20 Å². The van der Waals surface area contributed by atoms with Gasteiger partial charge in [0.1, 0.15) is 0 Å². The van der Waals surface area contributed by atoms with Crippen LogP contribution in [0.4, 0.5) is 0 Å².